The van der Waals surface area contributed by atoms with Gasteiger partial charge in [0.05, 0.1) is 17.7 Å². The van der Waals surface area contributed by atoms with Crippen LogP contribution in [0.3, 0.4) is 0 Å². The molecule has 8 atom stereocenters. The third kappa shape index (κ3) is 1.88. The largest absolute Gasteiger partial charge is 0.390 e. The molecule has 4 bridgehead atoms. The molecule has 2 unspecified atom stereocenters. The van der Waals surface area contributed by atoms with E-state index < -0.39 is 11.6 Å². The van der Waals surface area contributed by atoms with Gasteiger partial charge < -0.3 is 15.7 Å². The zero-order valence-electron chi connectivity index (χ0n) is 13.4. The highest BCUT2D eigenvalue weighted by Gasteiger charge is 2.62. The number of fused-ring (bicyclic) bond motifs is 1. The molecule has 6 fully saturated rings. The fraction of sp³-hybridized carbons (Fsp3) is 0.889. The van der Waals surface area contributed by atoms with Crippen LogP contribution >= 0.6 is 0 Å². The molecule has 5 nitrogen and oxygen atoms in total. The average Bonchev–Trinajstić information content (AvgIpc) is 3.14. The zero-order chi connectivity index (χ0) is 16.0. The predicted molar refractivity (Wildman–Crippen MR) is 82.8 cm³/mol. The van der Waals surface area contributed by atoms with Gasteiger partial charge in [-0.05, 0) is 74.5 Å². The maximum absolute atomic E-state index is 13.1. The van der Waals surface area contributed by atoms with E-state index in [0.717, 1.165) is 38.5 Å². The van der Waals surface area contributed by atoms with E-state index in [2.05, 4.69) is 6.07 Å². The van der Waals surface area contributed by atoms with Crippen molar-refractivity contribution in [3.8, 4) is 6.07 Å². The van der Waals surface area contributed by atoms with Gasteiger partial charge in [-0.15, -0.1) is 0 Å². The number of nitrogens with two attached hydrogens (primary N) is 1. The summed E-state index contributed by atoms with van der Waals surface area (Å²) in [6, 6.07) is 1.72. The number of carbonyl (C=O) groups is 1. The van der Waals surface area contributed by atoms with Crippen molar-refractivity contribution in [3.05, 3.63) is 0 Å². The summed E-state index contributed by atoms with van der Waals surface area (Å²) < 4.78 is 0. The monoisotopic (exact) mass is 315 g/mol. The van der Waals surface area contributed by atoms with Gasteiger partial charge in [0.25, 0.3) is 0 Å². The number of rotatable bonds is 2. The van der Waals surface area contributed by atoms with Gasteiger partial charge in [0.15, 0.2) is 0 Å². The molecule has 6 aliphatic rings. The summed E-state index contributed by atoms with van der Waals surface area (Å²) in [6.07, 6.45) is 7.48. The lowest BCUT2D eigenvalue weighted by atomic mass is 9.46. The molecular formula is C18H25N3O2. The number of aliphatic hydroxyl groups is 1. The molecule has 0 aromatic heterocycles. The summed E-state index contributed by atoms with van der Waals surface area (Å²) in [5.74, 6) is 1.56. The standard InChI is InChI=1S/C18H25N3O2/c19-8-13-2-12-3-14(12)21(13)16(22)15(20)17-4-10-1-11(5-17)7-18(23,6-10)9-17/h10-15,23H,1-7,9,20H2/t10-,11+,12-,13-,14+,15+,17?,18?/m1/s1. The lowest BCUT2D eigenvalue weighted by Gasteiger charge is -2.61. The summed E-state index contributed by atoms with van der Waals surface area (Å²) >= 11 is 0. The van der Waals surface area contributed by atoms with E-state index in [1.165, 1.54) is 6.42 Å². The summed E-state index contributed by atoms with van der Waals surface area (Å²) in [6.45, 7) is 0. The third-order valence-corrected chi connectivity index (χ3v) is 7.51. The minimum Gasteiger partial charge on any atom is -0.390 e. The Bertz CT molecular complexity index is 598. The van der Waals surface area contributed by atoms with Gasteiger partial charge >= 0.3 is 0 Å². The lowest BCUT2D eigenvalue weighted by molar-refractivity contribution is -0.177. The second kappa shape index (κ2) is 4.29. The highest BCUT2D eigenvalue weighted by atomic mass is 16.3. The average molecular weight is 315 g/mol. The maximum Gasteiger partial charge on any atom is 0.241 e. The Balaban J connectivity index is 1.43. The molecule has 124 valence electrons. The van der Waals surface area contributed by atoms with Gasteiger partial charge in [-0.2, -0.15) is 5.26 Å². The van der Waals surface area contributed by atoms with Crippen LogP contribution in [-0.2, 0) is 4.79 Å². The van der Waals surface area contributed by atoms with Crippen LogP contribution < -0.4 is 5.73 Å². The Kier molecular flexibility index (Phi) is 2.65. The summed E-state index contributed by atoms with van der Waals surface area (Å²) in [4.78, 5) is 14.9. The predicted octanol–water partition coefficient (Wildman–Crippen LogP) is 1.16. The van der Waals surface area contributed by atoms with Crippen molar-refractivity contribution in [1.29, 1.82) is 5.26 Å². The van der Waals surface area contributed by atoms with E-state index >= 15 is 0 Å². The fourth-order valence-corrected chi connectivity index (χ4v) is 6.96. The highest BCUT2D eigenvalue weighted by molar-refractivity contribution is 5.84. The molecule has 23 heavy (non-hydrogen) atoms. The number of nitriles is 1. The van der Waals surface area contributed by atoms with Crippen molar-refractivity contribution in [2.75, 3.05) is 0 Å². The molecule has 1 amide bonds. The maximum atomic E-state index is 13.1. The van der Waals surface area contributed by atoms with Gasteiger partial charge in [0, 0.05) is 6.04 Å². The first kappa shape index (κ1) is 14.2. The zero-order valence-corrected chi connectivity index (χ0v) is 13.4. The number of hydrogen-bond acceptors (Lipinski definition) is 4. The van der Waals surface area contributed by atoms with E-state index in [9.17, 15) is 15.2 Å². The molecule has 5 heteroatoms. The Morgan fingerprint density at radius 3 is 2.52 bits per heavy atom. The summed E-state index contributed by atoms with van der Waals surface area (Å²) in [5.41, 5.74) is 5.71. The first-order chi connectivity index (χ1) is 10.9. The third-order valence-electron chi connectivity index (χ3n) is 7.51. The van der Waals surface area contributed by atoms with Gasteiger partial charge in [-0.25, -0.2) is 0 Å². The molecule has 1 saturated heterocycles. The first-order valence-electron chi connectivity index (χ1n) is 9.13. The van der Waals surface area contributed by atoms with Crippen molar-refractivity contribution in [1.82, 2.24) is 4.90 Å². The molecule has 5 aliphatic carbocycles. The molecule has 6 rings (SSSR count). The SMILES string of the molecule is N#C[C@H]1C[C@@H]2C[C@@H]2N1C(=O)[C@H](N)C12C[C@@H]3C[C@@H](CC(O)(C3)C1)C2. The van der Waals surface area contributed by atoms with Crippen molar-refractivity contribution < 1.29 is 9.90 Å². The molecule has 1 aliphatic heterocycles. The van der Waals surface area contributed by atoms with E-state index in [-0.39, 0.29) is 23.4 Å². The van der Waals surface area contributed by atoms with Crippen LogP contribution in [0.25, 0.3) is 0 Å². The second-order valence-corrected chi connectivity index (χ2v) is 9.21. The number of hydrogen-bond donors (Lipinski definition) is 2. The minimum absolute atomic E-state index is 0.0212. The number of carbonyl (C=O) groups excluding carboxylic acids is 1. The van der Waals surface area contributed by atoms with Crippen LogP contribution in [0.5, 0.6) is 0 Å². The first-order valence-corrected chi connectivity index (χ1v) is 9.13. The smallest absolute Gasteiger partial charge is 0.241 e. The minimum atomic E-state index is -0.594. The van der Waals surface area contributed by atoms with Gasteiger partial charge in [0.2, 0.25) is 5.91 Å². The van der Waals surface area contributed by atoms with E-state index in [0.29, 0.717) is 24.2 Å². The Hall–Kier alpha value is -1.12. The molecular weight excluding hydrogens is 290 g/mol. The molecule has 0 spiro atoms. The number of nitrogens with zero attached hydrogens (tertiary/aromatic N) is 2. The fourth-order valence-electron chi connectivity index (χ4n) is 6.96. The highest BCUT2D eigenvalue weighted by Crippen LogP contribution is 2.63. The summed E-state index contributed by atoms with van der Waals surface area (Å²) in [7, 11) is 0. The second-order valence-electron chi connectivity index (χ2n) is 9.21. The van der Waals surface area contributed by atoms with Crippen LogP contribution in [0.15, 0.2) is 0 Å². The number of likely N-dealkylation sites (tertiary alicyclic amines) is 1. The molecule has 0 aromatic rings. The Morgan fingerprint density at radius 1 is 1.22 bits per heavy atom. The van der Waals surface area contributed by atoms with Crippen molar-refractivity contribution in [2.24, 2.45) is 28.9 Å². The van der Waals surface area contributed by atoms with Crippen LogP contribution in [0.4, 0.5) is 0 Å². The van der Waals surface area contributed by atoms with E-state index in [4.69, 9.17) is 5.73 Å². The van der Waals surface area contributed by atoms with Gasteiger partial charge in [0.1, 0.15) is 6.04 Å². The quantitative estimate of drug-likeness (QED) is 0.800. The number of amides is 1. The van der Waals surface area contributed by atoms with Crippen molar-refractivity contribution in [3.63, 3.8) is 0 Å². The molecule has 1 heterocycles. The van der Waals surface area contributed by atoms with Crippen molar-refractivity contribution in [2.45, 2.75) is 75.1 Å². The van der Waals surface area contributed by atoms with Crippen LogP contribution in [0, 0.1) is 34.5 Å². The van der Waals surface area contributed by atoms with Gasteiger partial charge in [-0.1, -0.05) is 0 Å². The van der Waals surface area contributed by atoms with Crippen LogP contribution in [0.2, 0.25) is 0 Å². The normalized spacial score (nSPS) is 53.8. The Morgan fingerprint density at radius 2 is 1.91 bits per heavy atom. The topological polar surface area (TPSA) is 90.4 Å². The molecule has 0 aromatic carbocycles. The van der Waals surface area contributed by atoms with Crippen LogP contribution in [-0.4, -0.2) is 39.6 Å². The molecule has 0 radical (unpaired) electrons. The summed E-state index contributed by atoms with van der Waals surface area (Å²) in [5, 5.41) is 20.2. The van der Waals surface area contributed by atoms with E-state index in [1.807, 2.05) is 0 Å². The van der Waals surface area contributed by atoms with Crippen molar-refractivity contribution >= 4 is 5.91 Å². The molecule has 3 N–H and O–H groups in total. The molecule has 5 saturated carbocycles. The lowest BCUT2D eigenvalue weighted by Crippen LogP contribution is -2.64. The van der Waals surface area contributed by atoms with Crippen LogP contribution in [0.1, 0.15) is 51.4 Å². The van der Waals surface area contributed by atoms with Gasteiger partial charge in [-0.3, -0.25) is 4.79 Å². The number of piperidine rings is 1. The Labute approximate surface area is 136 Å². The van der Waals surface area contributed by atoms with E-state index in [1.54, 1.807) is 4.90 Å².